The van der Waals surface area contributed by atoms with Crippen LogP contribution in [0.1, 0.15) is 0 Å². The molecule has 2 aromatic carbocycles. The van der Waals surface area contributed by atoms with E-state index in [-0.39, 0.29) is 22.5 Å². The van der Waals surface area contributed by atoms with E-state index >= 15 is 0 Å². The van der Waals surface area contributed by atoms with Gasteiger partial charge in [0.25, 0.3) is 0 Å². The van der Waals surface area contributed by atoms with Crippen molar-refractivity contribution in [3.05, 3.63) is 35.9 Å². The number of phenols is 2. The quantitative estimate of drug-likeness (QED) is 0.462. The molecule has 94 valence electrons. The fourth-order valence-electron chi connectivity index (χ4n) is 1.57. The number of nitrogen functional groups attached to an aromatic ring is 2. The van der Waals surface area contributed by atoms with E-state index in [2.05, 4.69) is 0 Å². The molecule has 6 N–H and O–H groups in total. The normalized spacial score (nSPS) is 10.6. The molecular formula is C12H10F2N2O2. The first-order valence-electron chi connectivity index (χ1n) is 4.96. The lowest BCUT2D eigenvalue weighted by atomic mass is 10.0. The van der Waals surface area contributed by atoms with Gasteiger partial charge in [-0.05, 0) is 12.1 Å². The van der Waals surface area contributed by atoms with E-state index in [0.717, 1.165) is 24.3 Å². The van der Waals surface area contributed by atoms with Gasteiger partial charge in [0, 0.05) is 23.3 Å². The van der Waals surface area contributed by atoms with E-state index in [9.17, 15) is 19.0 Å². The van der Waals surface area contributed by atoms with Crippen molar-refractivity contribution in [3.63, 3.8) is 0 Å². The van der Waals surface area contributed by atoms with Crippen LogP contribution in [0.5, 0.6) is 11.5 Å². The SMILES string of the molecule is Nc1cc(-c2cc(N)c(O)cc2F)c(F)cc1O. The molecule has 0 radical (unpaired) electrons. The summed E-state index contributed by atoms with van der Waals surface area (Å²) in [6, 6.07) is 3.76. The first-order valence-corrected chi connectivity index (χ1v) is 4.96. The van der Waals surface area contributed by atoms with Gasteiger partial charge in [-0.2, -0.15) is 0 Å². The van der Waals surface area contributed by atoms with Crippen LogP contribution in [-0.2, 0) is 0 Å². The van der Waals surface area contributed by atoms with E-state index in [1.807, 2.05) is 0 Å². The molecule has 4 nitrogen and oxygen atoms in total. The molecule has 0 bridgehead atoms. The molecular weight excluding hydrogens is 242 g/mol. The Balaban J connectivity index is 2.69. The number of hydrogen-bond donors (Lipinski definition) is 4. The minimum atomic E-state index is -0.842. The maximum atomic E-state index is 13.6. The van der Waals surface area contributed by atoms with Gasteiger partial charge in [-0.15, -0.1) is 0 Å². The van der Waals surface area contributed by atoms with E-state index in [4.69, 9.17) is 11.5 Å². The first kappa shape index (κ1) is 12.0. The Morgan fingerprint density at radius 1 is 0.722 bits per heavy atom. The van der Waals surface area contributed by atoms with Gasteiger partial charge in [-0.25, -0.2) is 8.78 Å². The number of nitrogens with two attached hydrogens (primary N) is 2. The summed E-state index contributed by atoms with van der Waals surface area (Å²) < 4.78 is 27.3. The zero-order valence-electron chi connectivity index (χ0n) is 9.11. The van der Waals surface area contributed by atoms with Crippen LogP contribution in [0.3, 0.4) is 0 Å². The second-order valence-corrected chi connectivity index (χ2v) is 3.78. The molecule has 0 saturated heterocycles. The average molecular weight is 252 g/mol. The second-order valence-electron chi connectivity index (χ2n) is 3.78. The van der Waals surface area contributed by atoms with Gasteiger partial charge < -0.3 is 21.7 Å². The molecule has 6 heteroatoms. The smallest absolute Gasteiger partial charge is 0.141 e. The van der Waals surface area contributed by atoms with Crippen LogP contribution >= 0.6 is 0 Å². The summed E-state index contributed by atoms with van der Waals surface area (Å²) in [6.07, 6.45) is 0. The largest absolute Gasteiger partial charge is 0.506 e. The Morgan fingerprint density at radius 3 is 1.39 bits per heavy atom. The topological polar surface area (TPSA) is 92.5 Å². The molecule has 0 aliphatic heterocycles. The fraction of sp³-hybridized carbons (Fsp3) is 0. The summed E-state index contributed by atoms with van der Waals surface area (Å²) in [4.78, 5) is 0. The predicted molar refractivity (Wildman–Crippen MR) is 63.9 cm³/mol. The van der Waals surface area contributed by atoms with Crippen LogP contribution in [0.25, 0.3) is 11.1 Å². The molecule has 0 unspecified atom stereocenters. The second kappa shape index (κ2) is 4.06. The number of hydrogen-bond acceptors (Lipinski definition) is 4. The Kier molecular flexibility index (Phi) is 2.70. The lowest BCUT2D eigenvalue weighted by Gasteiger charge is -2.09. The van der Waals surface area contributed by atoms with E-state index < -0.39 is 23.1 Å². The summed E-state index contributed by atoms with van der Waals surface area (Å²) in [5, 5.41) is 18.4. The molecule has 0 saturated carbocycles. The maximum Gasteiger partial charge on any atom is 0.141 e. The van der Waals surface area contributed by atoms with E-state index in [1.54, 1.807) is 0 Å². The van der Waals surface area contributed by atoms with Crippen molar-refractivity contribution < 1.29 is 19.0 Å². The van der Waals surface area contributed by atoms with Crippen molar-refractivity contribution in [2.45, 2.75) is 0 Å². The van der Waals surface area contributed by atoms with E-state index in [0.29, 0.717) is 0 Å². The van der Waals surface area contributed by atoms with Gasteiger partial charge in [0.15, 0.2) is 0 Å². The van der Waals surface area contributed by atoms with Crippen LogP contribution in [-0.4, -0.2) is 10.2 Å². The Hall–Kier alpha value is -2.50. The summed E-state index contributed by atoms with van der Waals surface area (Å²) in [5.41, 5.74) is 10.4. The van der Waals surface area contributed by atoms with Crippen molar-refractivity contribution in [1.82, 2.24) is 0 Å². The number of benzene rings is 2. The minimum absolute atomic E-state index is 0.0857. The monoisotopic (exact) mass is 252 g/mol. The molecule has 2 aromatic rings. The molecule has 18 heavy (non-hydrogen) atoms. The zero-order valence-corrected chi connectivity index (χ0v) is 9.11. The minimum Gasteiger partial charge on any atom is -0.506 e. The molecule has 0 fully saturated rings. The highest BCUT2D eigenvalue weighted by Crippen LogP contribution is 2.35. The van der Waals surface area contributed by atoms with Crippen LogP contribution in [0.4, 0.5) is 20.2 Å². The Labute approximate surface area is 101 Å². The number of anilines is 2. The highest BCUT2D eigenvalue weighted by molar-refractivity contribution is 5.75. The molecule has 0 aliphatic carbocycles. The maximum absolute atomic E-state index is 13.6. The third-order valence-electron chi connectivity index (χ3n) is 2.52. The predicted octanol–water partition coefficient (Wildman–Crippen LogP) is 2.21. The highest BCUT2D eigenvalue weighted by Gasteiger charge is 2.15. The standard InChI is InChI=1S/C12H10F2N2O2/c13-7-3-11(17)9(15)1-5(7)6-2-10(16)12(18)4-8(6)14/h1-4,17-18H,15-16H2. The van der Waals surface area contributed by atoms with Crippen molar-refractivity contribution >= 4 is 11.4 Å². The van der Waals surface area contributed by atoms with Gasteiger partial charge in [0.2, 0.25) is 0 Å². The van der Waals surface area contributed by atoms with Gasteiger partial charge in [0.05, 0.1) is 11.4 Å². The Bertz CT molecular complexity index is 574. The number of phenolic OH excluding ortho intramolecular Hbond substituents is 2. The van der Waals surface area contributed by atoms with Gasteiger partial charge >= 0.3 is 0 Å². The summed E-state index contributed by atoms with van der Waals surface area (Å²) in [7, 11) is 0. The van der Waals surface area contributed by atoms with Crippen molar-refractivity contribution in [3.8, 4) is 22.6 Å². The molecule has 0 spiro atoms. The highest BCUT2D eigenvalue weighted by atomic mass is 19.1. The van der Waals surface area contributed by atoms with Crippen molar-refractivity contribution in [1.29, 1.82) is 0 Å². The number of rotatable bonds is 1. The average Bonchev–Trinajstić information content (AvgIpc) is 2.29. The van der Waals surface area contributed by atoms with Crippen LogP contribution in [0.2, 0.25) is 0 Å². The molecule has 0 aromatic heterocycles. The number of halogens is 2. The lowest BCUT2D eigenvalue weighted by molar-refractivity contribution is 0.470. The lowest BCUT2D eigenvalue weighted by Crippen LogP contribution is -1.95. The summed E-state index contributed by atoms with van der Waals surface area (Å²) in [6.45, 7) is 0. The first-order chi connectivity index (χ1) is 8.40. The van der Waals surface area contributed by atoms with Crippen molar-refractivity contribution in [2.24, 2.45) is 0 Å². The van der Waals surface area contributed by atoms with Crippen LogP contribution in [0.15, 0.2) is 24.3 Å². The third kappa shape index (κ3) is 1.88. The number of aromatic hydroxyl groups is 2. The van der Waals surface area contributed by atoms with Gasteiger partial charge in [0.1, 0.15) is 23.1 Å². The third-order valence-corrected chi connectivity index (χ3v) is 2.52. The molecule has 2 rings (SSSR count). The zero-order chi connectivity index (χ0) is 13.4. The summed E-state index contributed by atoms with van der Waals surface area (Å²) >= 11 is 0. The Morgan fingerprint density at radius 2 is 1.06 bits per heavy atom. The van der Waals surface area contributed by atoms with Crippen LogP contribution in [0, 0.1) is 11.6 Å². The van der Waals surface area contributed by atoms with Crippen LogP contribution < -0.4 is 11.5 Å². The van der Waals surface area contributed by atoms with Gasteiger partial charge in [-0.3, -0.25) is 0 Å². The van der Waals surface area contributed by atoms with Crippen molar-refractivity contribution in [2.75, 3.05) is 11.5 Å². The fourth-order valence-corrected chi connectivity index (χ4v) is 1.57. The molecule has 0 heterocycles. The van der Waals surface area contributed by atoms with Gasteiger partial charge in [-0.1, -0.05) is 0 Å². The molecule has 0 amide bonds. The molecule has 0 aliphatic rings. The van der Waals surface area contributed by atoms with E-state index in [1.165, 1.54) is 0 Å². The summed E-state index contributed by atoms with van der Waals surface area (Å²) in [5.74, 6) is -2.54. The molecule has 0 atom stereocenters.